The lowest BCUT2D eigenvalue weighted by Gasteiger charge is -2.26. The molecule has 2 aliphatic heterocycles. The van der Waals surface area contributed by atoms with Crippen molar-refractivity contribution in [2.24, 2.45) is 4.99 Å². The summed E-state index contributed by atoms with van der Waals surface area (Å²) in [6, 6.07) is 8.32. The van der Waals surface area contributed by atoms with Gasteiger partial charge in [0.05, 0.1) is 0 Å². The SMILES string of the molecule is O=C1N=C2SCCN2C(=O)C1Nc1ccccc1. The average molecular weight is 261 g/mol. The predicted molar refractivity (Wildman–Crippen MR) is 70.5 cm³/mol. The van der Waals surface area contributed by atoms with Crippen LogP contribution in [0.3, 0.4) is 0 Å². The van der Waals surface area contributed by atoms with Crippen LogP contribution in [0.25, 0.3) is 0 Å². The molecule has 92 valence electrons. The summed E-state index contributed by atoms with van der Waals surface area (Å²) >= 11 is 1.45. The summed E-state index contributed by atoms with van der Waals surface area (Å²) in [6.45, 7) is 0.628. The van der Waals surface area contributed by atoms with Gasteiger partial charge in [-0.05, 0) is 12.1 Å². The Hall–Kier alpha value is -1.82. The molecular formula is C12H11N3O2S. The highest BCUT2D eigenvalue weighted by molar-refractivity contribution is 8.14. The van der Waals surface area contributed by atoms with Crippen LogP contribution >= 0.6 is 11.8 Å². The van der Waals surface area contributed by atoms with Crippen LogP contribution in [-0.4, -0.2) is 40.2 Å². The highest BCUT2D eigenvalue weighted by Gasteiger charge is 2.40. The Balaban J connectivity index is 1.85. The van der Waals surface area contributed by atoms with Crippen LogP contribution in [0.1, 0.15) is 0 Å². The first-order chi connectivity index (χ1) is 8.75. The molecule has 18 heavy (non-hydrogen) atoms. The van der Waals surface area contributed by atoms with Crippen molar-refractivity contribution in [2.75, 3.05) is 17.6 Å². The maximum atomic E-state index is 12.2. The number of carbonyl (C=O) groups excluding carboxylic acids is 2. The molecule has 1 N–H and O–H groups in total. The zero-order chi connectivity index (χ0) is 12.5. The third kappa shape index (κ3) is 1.88. The molecule has 0 aliphatic carbocycles. The molecule has 1 saturated heterocycles. The number of hydrogen-bond donors (Lipinski definition) is 1. The third-order valence-electron chi connectivity index (χ3n) is 2.83. The van der Waals surface area contributed by atoms with Crippen molar-refractivity contribution in [1.29, 1.82) is 0 Å². The van der Waals surface area contributed by atoms with E-state index in [1.165, 1.54) is 11.8 Å². The van der Waals surface area contributed by atoms with E-state index in [0.717, 1.165) is 11.4 Å². The van der Waals surface area contributed by atoms with E-state index in [4.69, 9.17) is 0 Å². The number of nitrogens with one attached hydrogen (secondary N) is 1. The zero-order valence-corrected chi connectivity index (χ0v) is 10.3. The molecule has 0 radical (unpaired) electrons. The molecule has 1 atom stereocenters. The van der Waals surface area contributed by atoms with Crippen LogP contribution in [-0.2, 0) is 9.59 Å². The predicted octanol–water partition coefficient (Wildman–Crippen LogP) is 0.939. The van der Waals surface area contributed by atoms with Crippen LogP contribution in [0, 0.1) is 0 Å². The van der Waals surface area contributed by atoms with Crippen molar-refractivity contribution in [3.05, 3.63) is 30.3 Å². The van der Waals surface area contributed by atoms with Gasteiger partial charge in [0.15, 0.2) is 11.2 Å². The maximum Gasteiger partial charge on any atom is 0.280 e. The molecule has 0 aromatic heterocycles. The summed E-state index contributed by atoms with van der Waals surface area (Å²) in [7, 11) is 0. The first kappa shape index (κ1) is 11.3. The van der Waals surface area contributed by atoms with Crippen molar-refractivity contribution in [2.45, 2.75) is 6.04 Å². The Kier molecular flexibility index (Phi) is 2.79. The van der Waals surface area contributed by atoms with Crippen molar-refractivity contribution in [3.63, 3.8) is 0 Å². The molecule has 1 fully saturated rings. The normalized spacial score (nSPS) is 22.8. The van der Waals surface area contributed by atoms with Gasteiger partial charge in [-0.2, -0.15) is 4.99 Å². The molecular weight excluding hydrogens is 250 g/mol. The minimum absolute atomic E-state index is 0.209. The number of anilines is 1. The van der Waals surface area contributed by atoms with Gasteiger partial charge in [0.1, 0.15) is 0 Å². The van der Waals surface area contributed by atoms with Crippen molar-refractivity contribution in [1.82, 2.24) is 4.90 Å². The van der Waals surface area contributed by atoms with Crippen molar-refractivity contribution >= 4 is 34.4 Å². The third-order valence-corrected chi connectivity index (χ3v) is 3.78. The minimum Gasteiger partial charge on any atom is -0.366 e. The van der Waals surface area contributed by atoms with Crippen LogP contribution in [0.5, 0.6) is 0 Å². The van der Waals surface area contributed by atoms with E-state index in [1.807, 2.05) is 30.3 Å². The summed E-state index contributed by atoms with van der Waals surface area (Å²) in [4.78, 5) is 29.5. The van der Waals surface area contributed by atoms with Gasteiger partial charge in [-0.15, -0.1) is 0 Å². The lowest BCUT2D eigenvalue weighted by Crippen LogP contribution is -2.51. The molecule has 1 aromatic carbocycles. The molecule has 3 rings (SSSR count). The summed E-state index contributed by atoms with van der Waals surface area (Å²) < 4.78 is 0. The number of thioether (sulfide) groups is 1. The smallest absolute Gasteiger partial charge is 0.280 e. The molecule has 1 aromatic rings. The Morgan fingerprint density at radius 2 is 2.06 bits per heavy atom. The number of fused-ring (bicyclic) bond motifs is 1. The number of para-hydroxylation sites is 1. The molecule has 2 heterocycles. The monoisotopic (exact) mass is 261 g/mol. The summed E-state index contributed by atoms with van der Waals surface area (Å²) in [5, 5.41) is 3.47. The number of amidine groups is 1. The van der Waals surface area contributed by atoms with Gasteiger partial charge in [-0.25, -0.2) is 0 Å². The Morgan fingerprint density at radius 3 is 2.83 bits per heavy atom. The largest absolute Gasteiger partial charge is 0.366 e. The zero-order valence-electron chi connectivity index (χ0n) is 9.50. The fourth-order valence-electron chi connectivity index (χ4n) is 1.94. The number of amides is 2. The van der Waals surface area contributed by atoms with Crippen LogP contribution in [0.15, 0.2) is 35.3 Å². The van der Waals surface area contributed by atoms with Crippen LogP contribution in [0.4, 0.5) is 5.69 Å². The second kappa shape index (κ2) is 4.45. The number of nitrogens with zero attached hydrogens (tertiary/aromatic N) is 2. The lowest BCUT2D eigenvalue weighted by molar-refractivity contribution is -0.134. The maximum absolute atomic E-state index is 12.2. The molecule has 0 spiro atoms. The Labute approximate surface area is 108 Å². The molecule has 5 nitrogen and oxygen atoms in total. The van der Waals surface area contributed by atoms with E-state index in [0.29, 0.717) is 11.7 Å². The van der Waals surface area contributed by atoms with E-state index in [-0.39, 0.29) is 5.91 Å². The van der Waals surface area contributed by atoms with Gasteiger partial charge in [0.25, 0.3) is 11.8 Å². The average Bonchev–Trinajstić information content (AvgIpc) is 2.84. The van der Waals surface area contributed by atoms with Crippen LogP contribution in [0.2, 0.25) is 0 Å². The number of aliphatic imine (C=N–C) groups is 1. The van der Waals surface area contributed by atoms with Gasteiger partial charge >= 0.3 is 0 Å². The highest BCUT2D eigenvalue weighted by Crippen LogP contribution is 2.24. The minimum atomic E-state index is -0.894. The molecule has 1 unspecified atom stereocenters. The number of carbonyl (C=O) groups is 2. The second-order valence-electron chi connectivity index (χ2n) is 4.01. The Morgan fingerprint density at radius 1 is 1.28 bits per heavy atom. The number of hydrogen-bond acceptors (Lipinski definition) is 4. The van der Waals surface area contributed by atoms with E-state index in [2.05, 4.69) is 10.3 Å². The second-order valence-corrected chi connectivity index (χ2v) is 5.08. The fourth-order valence-corrected chi connectivity index (χ4v) is 2.89. The molecule has 6 heteroatoms. The fraction of sp³-hybridized carbons (Fsp3) is 0.250. The van der Waals surface area contributed by atoms with E-state index >= 15 is 0 Å². The quantitative estimate of drug-likeness (QED) is 0.805. The van der Waals surface area contributed by atoms with Crippen molar-refractivity contribution in [3.8, 4) is 0 Å². The van der Waals surface area contributed by atoms with E-state index in [9.17, 15) is 9.59 Å². The summed E-state index contributed by atoms with van der Waals surface area (Å²) in [5.74, 6) is 0.180. The molecule has 2 amide bonds. The van der Waals surface area contributed by atoms with E-state index in [1.54, 1.807) is 4.90 Å². The standard InChI is InChI=1S/C12H11N3O2S/c16-10-9(13-8-4-2-1-3-5-8)11(17)15-6-7-18-12(15)14-10/h1-5,9,13H,6-7H2. The highest BCUT2D eigenvalue weighted by atomic mass is 32.2. The number of benzene rings is 1. The Bertz CT molecular complexity index is 529. The van der Waals surface area contributed by atoms with Gasteiger partial charge in [0.2, 0.25) is 0 Å². The van der Waals surface area contributed by atoms with Crippen LogP contribution < -0.4 is 5.32 Å². The van der Waals surface area contributed by atoms with Gasteiger partial charge in [-0.3, -0.25) is 14.5 Å². The first-order valence-electron chi connectivity index (χ1n) is 5.64. The van der Waals surface area contributed by atoms with E-state index < -0.39 is 11.9 Å². The first-order valence-corrected chi connectivity index (χ1v) is 6.62. The van der Waals surface area contributed by atoms with Crippen molar-refractivity contribution < 1.29 is 9.59 Å². The summed E-state index contributed by atoms with van der Waals surface area (Å²) in [6.07, 6.45) is 0. The summed E-state index contributed by atoms with van der Waals surface area (Å²) in [5.41, 5.74) is 0.745. The van der Waals surface area contributed by atoms with Gasteiger partial charge < -0.3 is 5.32 Å². The topological polar surface area (TPSA) is 61.8 Å². The number of rotatable bonds is 2. The lowest BCUT2D eigenvalue weighted by atomic mass is 10.2. The molecule has 0 bridgehead atoms. The molecule has 0 saturated carbocycles. The van der Waals surface area contributed by atoms with Gasteiger partial charge in [-0.1, -0.05) is 30.0 Å². The molecule has 2 aliphatic rings. The van der Waals surface area contributed by atoms with Gasteiger partial charge in [0, 0.05) is 18.0 Å².